The van der Waals surface area contributed by atoms with Crippen molar-refractivity contribution in [2.45, 2.75) is 6.54 Å². The topological polar surface area (TPSA) is 38.5 Å². The Balaban J connectivity index is 0.00000242. The first kappa shape index (κ1) is 18.4. The van der Waals surface area contributed by atoms with E-state index >= 15 is 0 Å². The van der Waals surface area contributed by atoms with Gasteiger partial charge in [-0.15, -0.1) is 12.4 Å². The summed E-state index contributed by atoms with van der Waals surface area (Å²) in [6.45, 7) is 3.62. The number of nitrogens with zero attached hydrogens (tertiary/aromatic N) is 1. The predicted molar refractivity (Wildman–Crippen MR) is 89.9 cm³/mol. The van der Waals surface area contributed by atoms with Crippen LogP contribution in [0.2, 0.25) is 0 Å². The summed E-state index contributed by atoms with van der Waals surface area (Å²) in [6.07, 6.45) is 0. The van der Waals surface area contributed by atoms with Crippen molar-refractivity contribution in [3.05, 3.63) is 66.0 Å². The molecule has 2 aromatic rings. The van der Waals surface area contributed by atoms with Gasteiger partial charge in [0, 0.05) is 26.2 Å². The summed E-state index contributed by atoms with van der Waals surface area (Å²) in [4.78, 5) is 2.25. The molecular weight excluding hydrogens is 303 g/mol. The van der Waals surface area contributed by atoms with Crippen LogP contribution >= 0.6 is 12.4 Å². The average Bonchev–Trinajstić information content (AvgIpc) is 2.50. The SMILES string of the molecule is Cl.NCCN(CCOc1ccc(F)cc1)Cc1ccccc1. The second-order valence-corrected chi connectivity index (χ2v) is 4.85. The largest absolute Gasteiger partial charge is 0.492 e. The Kier molecular flexibility index (Phi) is 8.51. The van der Waals surface area contributed by atoms with E-state index in [9.17, 15) is 4.39 Å². The molecule has 0 aliphatic heterocycles. The fraction of sp³-hybridized carbons (Fsp3) is 0.294. The van der Waals surface area contributed by atoms with Crippen LogP contribution in [-0.4, -0.2) is 31.1 Å². The molecule has 0 unspecified atom stereocenters. The van der Waals surface area contributed by atoms with Gasteiger partial charge in [0.2, 0.25) is 0 Å². The van der Waals surface area contributed by atoms with Crippen molar-refractivity contribution in [2.24, 2.45) is 5.73 Å². The van der Waals surface area contributed by atoms with E-state index in [0.717, 1.165) is 19.6 Å². The molecule has 2 N–H and O–H groups in total. The zero-order chi connectivity index (χ0) is 14.9. The van der Waals surface area contributed by atoms with Crippen molar-refractivity contribution < 1.29 is 9.13 Å². The molecule has 22 heavy (non-hydrogen) atoms. The molecule has 2 aromatic carbocycles. The quantitative estimate of drug-likeness (QED) is 0.811. The molecule has 0 radical (unpaired) electrons. The van der Waals surface area contributed by atoms with Gasteiger partial charge in [-0.25, -0.2) is 4.39 Å². The highest BCUT2D eigenvalue weighted by atomic mass is 35.5. The van der Waals surface area contributed by atoms with Crippen LogP contribution in [0.4, 0.5) is 4.39 Å². The van der Waals surface area contributed by atoms with E-state index < -0.39 is 0 Å². The maximum Gasteiger partial charge on any atom is 0.123 e. The Bertz CT molecular complexity index is 522. The van der Waals surface area contributed by atoms with Gasteiger partial charge in [-0.3, -0.25) is 4.90 Å². The van der Waals surface area contributed by atoms with Crippen molar-refractivity contribution in [1.29, 1.82) is 0 Å². The predicted octanol–water partition coefficient (Wildman–Crippen LogP) is 3.09. The number of hydrogen-bond donors (Lipinski definition) is 1. The molecule has 0 aliphatic carbocycles. The molecule has 0 aliphatic rings. The van der Waals surface area contributed by atoms with Crippen molar-refractivity contribution in [2.75, 3.05) is 26.2 Å². The van der Waals surface area contributed by atoms with Crippen LogP contribution < -0.4 is 10.5 Å². The Morgan fingerprint density at radius 1 is 0.955 bits per heavy atom. The third-order valence-electron chi connectivity index (χ3n) is 3.18. The summed E-state index contributed by atoms with van der Waals surface area (Å²) in [5.41, 5.74) is 6.92. The lowest BCUT2D eigenvalue weighted by Gasteiger charge is -2.21. The van der Waals surface area contributed by atoms with E-state index in [1.165, 1.54) is 17.7 Å². The normalized spacial score (nSPS) is 10.3. The number of halogens is 2. The number of rotatable bonds is 8. The van der Waals surface area contributed by atoms with Gasteiger partial charge in [0.15, 0.2) is 0 Å². The lowest BCUT2D eigenvalue weighted by Crippen LogP contribution is -2.32. The number of hydrogen-bond acceptors (Lipinski definition) is 3. The fourth-order valence-corrected chi connectivity index (χ4v) is 2.12. The fourth-order valence-electron chi connectivity index (χ4n) is 2.12. The van der Waals surface area contributed by atoms with Crippen molar-refractivity contribution >= 4 is 12.4 Å². The molecule has 2 rings (SSSR count). The number of benzene rings is 2. The minimum atomic E-state index is -0.254. The molecule has 0 saturated carbocycles. The molecule has 120 valence electrons. The molecule has 0 bridgehead atoms. The lowest BCUT2D eigenvalue weighted by atomic mass is 10.2. The summed E-state index contributed by atoms with van der Waals surface area (Å²) in [6, 6.07) is 16.4. The first-order valence-electron chi connectivity index (χ1n) is 7.12. The third kappa shape index (κ3) is 6.43. The monoisotopic (exact) mass is 324 g/mol. The lowest BCUT2D eigenvalue weighted by molar-refractivity contribution is 0.206. The van der Waals surface area contributed by atoms with Gasteiger partial charge < -0.3 is 10.5 Å². The summed E-state index contributed by atoms with van der Waals surface area (Å²) in [7, 11) is 0. The molecule has 0 spiro atoms. The van der Waals surface area contributed by atoms with Gasteiger partial charge in [0.25, 0.3) is 0 Å². The zero-order valence-electron chi connectivity index (χ0n) is 12.5. The summed E-state index contributed by atoms with van der Waals surface area (Å²) in [5, 5.41) is 0. The van der Waals surface area contributed by atoms with Gasteiger partial charge in [0.1, 0.15) is 18.2 Å². The second-order valence-electron chi connectivity index (χ2n) is 4.85. The van der Waals surface area contributed by atoms with E-state index in [2.05, 4.69) is 17.0 Å². The highest BCUT2D eigenvalue weighted by Gasteiger charge is 2.05. The smallest absolute Gasteiger partial charge is 0.123 e. The first-order chi connectivity index (χ1) is 10.3. The summed E-state index contributed by atoms with van der Waals surface area (Å²) >= 11 is 0. The van der Waals surface area contributed by atoms with Gasteiger partial charge in [0.05, 0.1) is 0 Å². The second kappa shape index (κ2) is 10.2. The standard InChI is InChI=1S/C17H21FN2O.ClH/c18-16-6-8-17(9-7-16)21-13-12-20(11-10-19)14-15-4-2-1-3-5-15;/h1-9H,10-14,19H2;1H. The summed E-state index contributed by atoms with van der Waals surface area (Å²) < 4.78 is 18.4. The van der Waals surface area contributed by atoms with E-state index in [1.54, 1.807) is 12.1 Å². The van der Waals surface area contributed by atoms with E-state index in [-0.39, 0.29) is 18.2 Å². The van der Waals surface area contributed by atoms with Gasteiger partial charge in [-0.1, -0.05) is 30.3 Å². The minimum absolute atomic E-state index is 0. The van der Waals surface area contributed by atoms with Crippen LogP contribution in [0.1, 0.15) is 5.56 Å². The molecular formula is C17H22ClFN2O. The van der Waals surface area contributed by atoms with Crippen LogP contribution in [0.25, 0.3) is 0 Å². The first-order valence-corrected chi connectivity index (χ1v) is 7.12. The third-order valence-corrected chi connectivity index (χ3v) is 3.18. The van der Waals surface area contributed by atoms with Crippen LogP contribution in [-0.2, 0) is 6.54 Å². The van der Waals surface area contributed by atoms with Gasteiger partial charge in [-0.2, -0.15) is 0 Å². The molecule has 0 amide bonds. The molecule has 3 nitrogen and oxygen atoms in total. The van der Waals surface area contributed by atoms with Crippen LogP contribution in [0.5, 0.6) is 5.75 Å². The Morgan fingerprint density at radius 2 is 1.64 bits per heavy atom. The average molecular weight is 325 g/mol. The highest BCUT2D eigenvalue weighted by molar-refractivity contribution is 5.85. The van der Waals surface area contributed by atoms with Crippen molar-refractivity contribution in [3.63, 3.8) is 0 Å². The Morgan fingerprint density at radius 3 is 2.27 bits per heavy atom. The Labute approximate surface area is 137 Å². The van der Waals surface area contributed by atoms with Crippen LogP contribution in [0.3, 0.4) is 0 Å². The Hall–Kier alpha value is -1.62. The molecule has 0 atom stereocenters. The van der Waals surface area contributed by atoms with E-state index in [0.29, 0.717) is 18.9 Å². The molecule has 0 saturated heterocycles. The molecule has 0 aromatic heterocycles. The zero-order valence-corrected chi connectivity index (χ0v) is 13.3. The van der Waals surface area contributed by atoms with Crippen molar-refractivity contribution in [1.82, 2.24) is 4.90 Å². The van der Waals surface area contributed by atoms with Gasteiger partial charge in [-0.05, 0) is 29.8 Å². The highest BCUT2D eigenvalue weighted by Crippen LogP contribution is 2.11. The number of nitrogens with two attached hydrogens (primary N) is 1. The summed E-state index contributed by atoms with van der Waals surface area (Å²) in [5.74, 6) is 0.431. The van der Waals surface area contributed by atoms with Crippen LogP contribution in [0.15, 0.2) is 54.6 Å². The molecule has 0 heterocycles. The van der Waals surface area contributed by atoms with Gasteiger partial charge >= 0.3 is 0 Å². The van der Waals surface area contributed by atoms with Crippen molar-refractivity contribution in [3.8, 4) is 5.75 Å². The molecule has 5 heteroatoms. The maximum absolute atomic E-state index is 12.8. The van der Waals surface area contributed by atoms with E-state index in [4.69, 9.17) is 10.5 Å². The maximum atomic E-state index is 12.8. The minimum Gasteiger partial charge on any atom is -0.492 e. The van der Waals surface area contributed by atoms with Crippen LogP contribution in [0, 0.1) is 5.82 Å². The van der Waals surface area contributed by atoms with E-state index in [1.807, 2.05) is 18.2 Å². The molecule has 0 fully saturated rings. The number of ether oxygens (including phenoxy) is 1.